The van der Waals surface area contributed by atoms with Gasteiger partial charge >= 0.3 is 0 Å². The molecule has 0 atom stereocenters. The van der Waals surface area contributed by atoms with Gasteiger partial charge in [0.1, 0.15) is 11.5 Å². The predicted octanol–water partition coefficient (Wildman–Crippen LogP) is 4.90. The molecule has 0 fully saturated rings. The van der Waals surface area contributed by atoms with Gasteiger partial charge in [-0.25, -0.2) is 8.42 Å². The number of benzene rings is 2. The van der Waals surface area contributed by atoms with Crippen LogP contribution in [0, 0.1) is 20.8 Å². The Labute approximate surface area is 169 Å². The van der Waals surface area contributed by atoms with Crippen molar-refractivity contribution in [3.05, 3.63) is 77.0 Å². The van der Waals surface area contributed by atoms with Gasteiger partial charge in [0, 0.05) is 5.56 Å². The maximum Gasteiger partial charge on any atom is 0.293 e. The number of aromatic nitrogens is 2. The number of rotatable bonds is 5. The van der Waals surface area contributed by atoms with E-state index in [0.29, 0.717) is 22.2 Å². The molecule has 0 aliphatic rings. The van der Waals surface area contributed by atoms with Crippen LogP contribution in [0.5, 0.6) is 0 Å². The number of sulfone groups is 1. The number of furan rings is 1. The molecule has 0 spiro atoms. The Kier molecular flexibility index (Phi) is 4.84. The van der Waals surface area contributed by atoms with E-state index in [4.69, 9.17) is 8.94 Å². The quantitative estimate of drug-likeness (QED) is 0.467. The summed E-state index contributed by atoms with van der Waals surface area (Å²) >= 11 is 0. The molecule has 0 radical (unpaired) electrons. The van der Waals surface area contributed by atoms with Crippen LogP contribution in [0.15, 0.2) is 68.4 Å². The number of hydrogen-bond donors (Lipinski definition) is 0. The summed E-state index contributed by atoms with van der Waals surface area (Å²) in [5.41, 5.74) is 3.66. The Bertz CT molecular complexity index is 1290. The van der Waals surface area contributed by atoms with Crippen molar-refractivity contribution in [1.29, 1.82) is 0 Å². The summed E-state index contributed by atoms with van der Waals surface area (Å²) in [6.07, 6.45) is 0. The summed E-state index contributed by atoms with van der Waals surface area (Å²) in [6, 6.07) is 16.3. The maximum atomic E-state index is 12.8. The molecule has 2 aromatic heterocycles. The standard InChI is InChI=1S/C22H20N2O4S/c1-14-5-4-6-17(12-14)21-23-22(28-24-21)19-9-8-18(27-19)13-29(25,26)20-10-7-15(2)11-16(20)3/h4-12H,13H2,1-3H3. The molecule has 6 nitrogen and oxygen atoms in total. The van der Waals surface area contributed by atoms with Gasteiger partial charge in [0.2, 0.25) is 5.82 Å². The number of nitrogens with zero attached hydrogens (tertiary/aromatic N) is 2. The van der Waals surface area contributed by atoms with Gasteiger partial charge in [-0.1, -0.05) is 46.6 Å². The van der Waals surface area contributed by atoms with Crippen molar-refractivity contribution in [1.82, 2.24) is 10.1 Å². The average molecular weight is 408 g/mol. The second-order valence-corrected chi connectivity index (χ2v) is 9.04. The van der Waals surface area contributed by atoms with Gasteiger partial charge in [0.25, 0.3) is 5.89 Å². The fourth-order valence-corrected chi connectivity index (χ4v) is 4.72. The Balaban J connectivity index is 1.57. The summed E-state index contributed by atoms with van der Waals surface area (Å²) < 4.78 is 36.6. The molecule has 0 saturated carbocycles. The molecule has 0 unspecified atom stereocenters. The zero-order valence-corrected chi connectivity index (χ0v) is 17.2. The van der Waals surface area contributed by atoms with E-state index in [1.165, 1.54) is 0 Å². The summed E-state index contributed by atoms with van der Waals surface area (Å²) in [5.74, 6) is 1.06. The Morgan fingerprint density at radius 2 is 1.72 bits per heavy atom. The lowest BCUT2D eigenvalue weighted by molar-refractivity contribution is 0.413. The van der Waals surface area contributed by atoms with E-state index in [1.54, 1.807) is 31.2 Å². The lowest BCUT2D eigenvalue weighted by Gasteiger charge is -2.07. The zero-order valence-electron chi connectivity index (χ0n) is 16.3. The first-order valence-electron chi connectivity index (χ1n) is 9.12. The first-order valence-corrected chi connectivity index (χ1v) is 10.8. The summed E-state index contributed by atoms with van der Waals surface area (Å²) in [7, 11) is -3.53. The van der Waals surface area contributed by atoms with Crippen LogP contribution in [-0.2, 0) is 15.6 Å². The van der Waals surface area contributed by atoms with Crippen LogP contribution >= 0.6 is 0 Å². The second-order valence-electron chi connectivity index (χ2n) is 7.09. The van der Waals surface area contributed by atoms with Crippen LogP contribution in [-0.4, -0.2) is 18.6 Å². The molecule has 0 aliphatic heterocycles. The smallest absolute Gasteiger partial charge is 0.293 e. The molecule has 7 heteroatoms. The lowest BCUT2D eigenvalue weighted by atomic mass is 10.1. The van der Waals surface area contributed by atoms with Gasteiger partial charge in [-0.2, -0.15) is 4.98 Å². The highest BCUT2D eigenvalue weighted by atomic mass is 32.2. The molecular weight excluding hydrogens is 388 g/mol. The minimum absolute atomic E-state index is 0.205. The largest absolute Gasteiger partial charge is 0.455 e. The van der Waals surface area contributed by atoms with Crippen molar-refractivity contribution in [2.75, 3.05) is 0 Å². The third-order valence-electron chi connectivity index (χ3n) is 4.57. The van der Waals surface area contributed by atoms with Crippen LogP contribution in [0.25, 0.3) is 23.0 Å². The van der Waals surface area contributed by atoms with E-state index in [-0.39, 0.29) is 11.6 Å². The molecule has 0 aliphatic carbocycles. The highest BCUT2D eigenvalue weighted by Crippen LogP contribution is 2.27. The molecule has 0 amide bonds. The van der Waals surface area contributed by atoms with Crippen LogP contribution in [0.4, 0.5) is 0 Å². The molecular formula is C22H20N2O4S. The normalized spacial score (nSPS) is 11.7. The minimum Gasteiger partial charge on any atom is -0.455 e. The Morgan fingerprint density at radius 1 is 0.931 bits per heavy atom. The first-order chi connectivity index (χ1) is 13.8. The first kappa shape index (κ1) is 19.1. The van der Waals surface area contributed by atoms with Gasteiger partial charge in [0.05, 0.1) is 4.90 Å². The molecule has 2 heterocycles. The summed E-state index contributed by atoms with van der Waals surface area (Å²) in [6.45, 7) is 5.70. The van der Waals surface area contributed by atoms with E-state index in [0.717, 1.165) is 22.3 Å². The molecule has 2 aromatic carbocycles. The molecule has 29 heavy (non-hydrogen) atoms. The molecule has 0 bridgehead atoms. The molecule has 0 saturated heterocycles. The Morgan fingerprint density at radius 3 is 2.48 bits per heavy atom. The lowest BCUT2D eigenvalue weighted by Crippen LogP contribution is -2.06. The Hall–Kier alpha value is -3.19. The van der Waals surface area contributed by atoms with Crippen molar-refractivity contribution in [2.24, 2.45) is 0 Å². The van der Waals surface area contributed by atoms with Gasteiger partial charge < -0.3 is 8.94 Å². The fraction of sp³-hybridized carbons (Fsp3) is 0.182. The predicted molar refractivity (Wildman–Crippen MR) is 109 cm³/mol. The van der Waals surface area contributed by atoms with Crippen LogP contribution in [0.3, 0.4) is 0 Å². The highest BCUT2D eigenvalue weighted by Gasteiger charge is 2.21. The van der Waals surface area contributed by atoms with E-state index >= 15 is 0 Å². The van der Waals surface area contributed by atoms with Crippen LogP contribution in [0.2, 0.25) is 0 Å². The molecule has 4 rings (SSSR count). The zero-order chi connectivity index (χ0) is 20.6. The third kappa shape index (κ3) is 4.00. The molecule has 0 N–H and O–H groups in total. The van der Waals surface area contributed by atoms with E-state index in [1.807, 2.05) is 44.2 Å². The maximum absolute atomic E-state index is 12.8. The summed E-state index contributed by atoms with van der Waals surface area (Å²) in [4.78, 5) is 4.67. The average Bonchev–Trinajstić information content (AvgIpc) is 3.30. The van der Waals surface area contributed by atoms with Gasteiger partial charge in [-0.15, -0.1) is 0 Å². The van der Waals surface area contributed by atoms with Crippen LogP contribution < -0.4 is 0 Å². The van der Waals surface area contributed by atoms with Gasteiger partial charge in [-0.05, 0) is 50.6 Å². The SMILES string of the molecule is Cc1cccc(-c2noc(-c3ccc(CS(=O)(=O)c4ccc(C)cc4C)o3)n2)c1. The van der Waals surface area contributed by atoms with Gasteiger partial charge in [0.15, 0.2) is 15.6 Å². The monoisotopic (exact) mass is 408 g/mol. The van der Waals surface area contributed by atoms with Crippen molar-refractivity contribution in [2.45, 2.75) is 31.4 Å². The fourth-order valence-electron chi connectivity index (χ4n) is 3.21. The van der Waals surface area contributed by atoms with Crippen molar-refractivity contribution in [3.8, 4) is 23.0 Å². The molecule has 4 aromatic rings. The second kappa shape index (κ2) is 7.33. The molecule has 148 valence electrons. The van der Waals surface area contributed by atoms with Crippen LogP contribution in [0.1, 0.15) is 22.5 Å². The third-order valence-corrected chi connectivity index (χ3v) is 6.37. The van der Waals surface area contributed by atoms with Crippen molar-refractivity contribution >= 4 is 9.84 Å². The highest BCUT2D eigenvalue weighted by molar-refractivity contribution is 7.90. The van der Waals surface area contributed by atoms with E-state index in [9.17, 15) is 8.42 Å². The van der Waals surface area contributed by atoms with Gasteiger partial charge in [-0.3, -0.25) is 0 Å². The van der Waals surface area contributed by atoms with Crippen molar-refractivity contribution < 1.29 is 17.4 Å². The van der Waals surface area contributed by atoms with E-state index < -0.39 is 9.84 Å². The number of aryl methyl sites for hydroxylation is 3. The topological polar surface area (TPSA) is 86.2 Å². The van der Waals surface area contributed by atoms with E-state index in [2.05, 4.69) is 10.1 Å². The number of hydrogen-bond acceptors (Lipinski definition) is 6. The summed E-state index contributed by atoms with van der Waals surface area (Å²) in [5, 5.41) is 3.99. The van der Waals surface area contributed by atoms with Crippen molar-refractivity contribution in [3.63, 3.8) is 0 Å². The minimum atomic E-state index is -3.53.